The van der Waals surface area contributed by atoms with Crippen molar-refractivity contribution in [3.05, 3.63) is 0 Å². The van der Waals surface area contributed by atoms with E-state index in [2.05, 4.69) is 6.92 Å². The van der Waals surface area contributed by atoms with Gasteiger partial charge in [-0.05, 0) is 20.0 Å². The standard InChI is InChI=1S/C8H19O2P/c1-4-7-11(3,9)8-6-10-5-2/h4-8H2,1-3H3. The summed E-state index contributed by atoms with van der Waals surface area (Å²) in [6, 6.07) is 0. The SMILES string of the molecule is CCCP(C)(=O)CCOCC. The third kappa shape index (κ3) is 6.58. The Morgan fingerprint density at radius 3 is 2.36 bits per heavy atom. The summed E-state index contributed by atoms with van der Waals surface area (Å²) in [5.74, 6) is 0. The van der Waals surface area contributed by atoms with Gasteiger partial charge in [-0.2, -0.15) is 0 Å². The molecule has 0 amide bonds. The molecule has 0 N–H and O–H groups in total. The van der Waals surface area contributed by atoms with Crippen LogP contribution in [0.15, 0.2) is 0 Å². The molecule has 0 heterocycles. The summed E-state index contributed by atoms with van der Waals surface area (Å²) >= 11 is 0. The van der Waals surface area contributed by atoms with Gasteiger partial charge >= 0.3 is 0 Å². The third-order valence-electron chi connectivity index (χ3n) is 1.61. The van der Waals surface area contributed by atoms with Crippen molar-refractivity contribution in [2.75, 3.05) is 32.2 Å². The molecule has 0 aromatic carbocycles. The van der Waals surface area contributed by atoms with Crippen molar-refractivity contribution in [1.29, 1.82) is 0 Å². The highest BCUT2D eigenvalue weighted by Crippen LogP contribution is 2.40. The fourth-order valence-electron chi connectivity index (χ4n) is 0.987. The van der Waals surface area contributed by atoms with E-state index in [4.69, 9.17) is 4.74 Å². The van der Waals surface area contributed by atoms with Crippen LogP contribution in [0.3, 0.4) is 0 Å². The Labute approximate surface area is 69.7 Å². The molecule has 0 bridgehead atoms. The van der Waals surface area contributed by atoms with Crippen LogP contribution in [0.2, 0.25) is 0 Å². The lowest BCUT2D eigenvalue weighted by molar-refractivity contribution is 0.163. The number of hydrogen-bond donors (Lipinski definition) is 0. The molecule has 0 rings (SSSR count). The molecule has 0 aliphatic heterocycles. The zero-order valence-electron chi connectivity index (χ0n) is 7.80. The first kappa shape index (κ1) is 11.2. The van der Waals surface area contributed by atoms with E-state index in [9.17, 15) is 4.57 Å². The first-order chi connectivity index (χ1) is 5.12. The highest BCUT2D eigenvalue weighted by Gasteiger charge is 2.12. The van der Waals surface area contributed by atoms with E-state index >= 15 is 0 Å². The topological polar surface area (TPSA) is 26.3 Å². The fourth-order valence-corrected chi connectivity index (χ4v) is 2.67. The fraction of sp³-hybridized carbons (Fsp3) is 1.00. The van der Waals surface area contributed by atoms with Crippen molar-refractivity contribution in [3.8, 4) is 0 Å². The van der Waals surface area contributed by atoms with Gasteiger partial charge in [0.15, 0.2) is 0 Å². The molecule has 0 aliphatic rings. The molecule has 1 unspecified atom stereocenters. The zero-order valence-corrected chi connectivity index (χ0v) is 8.69. The maximum atomic E-state index is 11.6. The van der Waals surface area contributed by atoms with Gasteiger partial charge in [-0.3, -0.25) is 0 Å². The molecule has 0 saturated heterocycles. The van der Waals surface area contributed by atoms with Crippen LogP contribution in [0.5, 0.6) is 0 Å². The van der Waals surface area contributed by atoms with Gasteiger partial charge in [0.1, 0.15) is 0 Å². The lowest BCUT2D eigenvalue weighted by Gasteiger charge is -2.10. The summed E-state index contributed by atoms with van der Waals surface area (Å²) in [5.41, 5.74) is 0. The van der Waals surface area contributed by atoms with Crippen LogP contribution < -0.4 is 0 Å². The van der Waals surface area contributed by atoms with Gasteiger partial charge in [0.25, 0.3) is 0 Å². The second kappa shape index (κ2) is 5.79. The molecular formula is C8H19O2P. The Morgan fingerprint density at radius 1 is 1.27 bits per heavy atom. The van der Waals surface area contributed by atoms with Crippen molar-refractivity contribution < 1.29 is 9.30 Å². The van der Waals surface area contributed by atoms with E-state index < -0.39 is 7.14 Å². The van der Waals surface area contributed by atoms with Gasteiger partial charge in [0.2, 0.25) is 0 Å². The Morgan fingerprint density at radius 2 is 1.91 bits per heavy atom. The molecule has 1 atom stereocenters. The molecule has 11 heavy (non-hydrogen) atoms. The van der Waals surface area contributed by atoms with Gasteiger partial charge in [-0.25, -0.2) is 0 Å². The van der Waals surface area contributed by atoms with E-state index in [0.717, 1.165) is 25.4 Å². The van der Waals surface area contributed by atoms with Crippen LogP contribution >= 0.6 is 7.14 Å². The molecule has 0 spiro atoms. The quantitative estimate of drug-likeness (QED) is 0.461. The molecule has 2 nitrogen and oxygen atoms in total. The van der Waals surface area contributed by atoms with Gasteiger partial charge in [0, 0.05) is 18.9 Å². The zero-order chi connectivity index (χ0) is 8.74. The molecule has 0 fully saturated rings. The van der Waals surface area contributed by atoms with Crippen LogP contribution in [0.1, 0.15) is 20.3 Å². The maximum absolute atomic E-state index is 11.6. The molecular weight excluding hydrogens is 159 g/mol. The van der Waals surface area contributed by atoms with Gasteiger partial charge < -0.3 is 9.30 Å². The van der Waals surface area contributed by atoms with Crippen LogP contribution in [0.25, 0.3) is 0 Å². The minimum absolute atomic E-state index is 0.657. The minimum atomic E-state index is -1.85. The van der Waals surface area contributed by atoms with Crippen molar-refractivity contribution in [2.45, 2.75) is 20.3 Å². The summed E-state index contributed by atoms with van der Waals surface area (Å²) < 4.78 is 16.8. The summed E-state index contributed by atoms with van der Waals surface area (Å²) in [4.78, 5) is 0. The lowest BCUT2D eigenvalue weighted by Crippen LogP contribution is -2.02. The van der Waals surface area contributed by atoms with E-state index in [1.54, 1.807) is 0 Å². The number of hydrogen-bond acceptors (Lipinski definition) is 2. The average molecular weight is 178 g/mol. The summed E-state index contributed by atoms with van der Waals surface area (Å²) in [7, 11) is -1.85. The molecule has 3 heteroatoms. The smallest absolute Gasteiger partial charge is 0.0870 e. The van der Waals surface area contributed by atoms with E-state index in [0.29, 0.717) is 6.61 Å². The predicted molar refractivity (Wildman–Crippen MR) is 50.0 cm³/mol. The van der Waals surface area contributed by atoms with Gasteiger partial charge in [-0.15, -0.1) is 0 Å². The van der Waals surface area contributed by atoms with Crippen LogP contribution in [-0.4, -0.2) is 32.2 Å². The first-order valence-electron chi connectivity index (χ1n) is 4.25. The monoisotopic (exact) mass is 178 g/mol. The third-order valence-corrected chi connectivity index (χ3v) is 4.13. The summed E-state index contributed by atoms with van der Waals surface area (Å²) in [5, 5.41) is 0. The Balaban J connectivity index is 3.47. The van der Waals surface area contributed by atoms with Crippen molar-refractivity contribution in [1.82, 2.24) is 0 Å². The first-order valence-corrected chi connectivity index (χ1v) is 6.78. The number of rotatable bonds is 6. The maximum Gasteiger partial charge on any atom is 0.0870 e. The van der Waals surface area contributed by atoms with E-state index in [-0.39, 0.29) is 0 Å². The largest absolute Gasteiger partial charge is 0.381 e. The second-order valence-corrected chi connectivity index (χ2v) is 6.43. The number of ether oxygens (including phenoxy) is 1. The van der Waals surface area contributed by atoms with Crippen LogP contribution in [0, 0.1) is 0 Å². The van der Waals surface area contributed by atoms with Crippen molar-refractivity contribution in [2.24, 2.45) is 0 Å². The minimum Gasteiger partial charge on any atom is -0.381 e. The molecule has 0 aliphatic carbocycles. The summed E-state index contributed by atoms with van der Waals surface area (Å²) in [6.07, 6.45) is 2.62. The van der Waals surface area contributed by atoms with Crippen LogP contribution in [-0.2, 0) is 9.30 Å². The molecule has 0 radical (unpaired) electrons. The highest BCUT2D eigenvalue weighted by atomic mass is 31.2. The Kier molecular flexibility index (Phi) is 5.89. The molecule has 68 valence electrons. The lowest BCUT2D eigenvalue weighted by atomic mass is 10.6. The van der Waals surface area contributed by atoms with E-state index in [1.165, 1.54) is 0 Å². The van der Waals surface area contributed by atoms with Crippen molar-refractivity contribution >= 4 is 7.14 Å². The van der Waals surface area contributed by atoms with Gasteiger partial charge in [-0.1, -0.05) is 6.92 Å². The van der Waals surface area contributed by atoms with Crippen LogP contribution in [0.4, 0.5) is 0 Å². The highest BCUT2D eigenvalue weighted by molar-refractivity contribution is 7.63. The molecule has 0 aromatic heterocycles. The average Bonchev–Trinajstić information content (AvgIpc) is 1.87. The Hall–Kier alpha value is 0.190. The van der Waals surface area contributed by atoms with Crippen molar-refractivity contribution in [3.63, 3.8) is 0 Å². The van der Waals surface area contributed by atoms with Gasteiger partial charge in [0.05, 0.1) is 13.7 Å². The predicted octanol–water partition coefficient (Wildman–Crippen LogP) is 2.43. The molecule has 0 aromatic rings. The van der Waals surface area contributed by atoms with E-state index in [1.807, 2.05) is 13.6 Å². The molecule has 0 saturated carbocycles. The second-order valence-electron chi connectivity index (χ2n) is 2.94. The normalized spacial score (nSPS) is 16.3. The summed E-state index contributed by atoms with van der Waals surface area (Å²) in [6.45, 7) is 7.28. The Bertz CT molecular complexity index is 134.